The summed E-state index contributed by atoms with van der Waals surface area (Å²) in [6.07, 6.45) is -2.73. The molecule has 2 aromatic rings. The molecule has 0 unspecified atom stereocenters. The van der Waals surface area contributed by atoms with Crippen molar-refractivity contribution in [3.8, 4) is 11.1 Å². The van der Waals surface area contributed by atoms with Gasteiger partial charge in [0.15, 0.2) is 9.84 Å². The Morgan fingerprint density at radius 2 is 1.70 bits per heavy atom. The summed E-state index contributed by atoms with van der Waals surface area (Å²) in [5.41, 5.74) is 1.84. The number of nitrogens with zero attached hydrogens (tertiary/aromatic N) is 1. The van der Waals surface area contributed by atoms with Crippen molar-refractivity contribution in [2.24, 2.45) is 10.9 Å². The smallest absolute Gasteiger partial charge is 0.284 e. The van der Waals surface area contributed by atoms with E-state index in [0.29, 0.717) is 17.6 Å². The number of hydrogen-bond donors (Lipinski definition) is 0. The van der Waals surface area contributed by atoms with Crippen molar-refractivity contribution >= 4 is 21.1 Å². The Labute approximate surface area is 176 Å². The second-order valence-corrected chi connectivity index (χ2v) is 9.30. The van der Waals surface area contributed by atoms with E-state index in [1.165, 1.54) is 0 Å². The van der Waals surface area contributed by atoms with E-state index in [9.17, 15) is 21.6 Å². The van der Waals surface area contributed by atoms with Gasteiger partial charge in [-0.2, -0.15) is 13.2 Å². The third-order valence-corrected chi connectivity index (χ3v) is 6.82. The molecule has 0 saturated carbocycles. The van der Waals surface area contributed by atoms with Gasteiger partial charge in [0, 0.05) is 7.05 Å². The van der Waals surface area contributed by atoms with Crippen LogP contribution in [0.4, 0.5) is 13.2 Å². The Morgan fingerprint density at radius 3 is 2.20 bits per heavy atom. The van der Waals surface area contributed by atoms with E-state index in [-0.39, 0.29) is 16.6 Å². The van der Waals surface area contributed by atoms with E-state index >= 15 is 0 Å². The summed E-state index contributed by atoms with van der Waals surface area (Å²) in [6.45, 7) is 5.39. The minimum atomic E-state index is -4.52. The first-order valence-electron chi connectivity index (χ1n) is 9.72. The van der Waals surface area contributed by atoms with Gasteiger partial charge < -0.3 is 0 Å². The largest absolute Gasteiger partial charge is 0.432 e. The number of halogens is 3. The molecule has 0 bridgehead atoms. The molecular weight excluding hydrogens is 411 g/mol. The molecule has 3 nitrogen and oxygen atoms in total. The Hall–Kier alpha value is -2.41. The highest BCUT2D eigenvalue weighted by Crippen LogP contribution is 2.31. The molecule has 0 aliphatic rings. The standard InChI is InChI=1S/C23H26F3NO2S/c1-5-16(3)21(15-22(27-4)23(24,25)26)18-12-10-17(11-13-18)19-8-7-9-20(14-19)30(28,29)6-2/h7-16H,5-6H2,1-4H3/b21-15+,27-22?/t16-/m1/s1. The van der Waals surface area contributed by atoms with Gasteiger partial charge in [-0.05, 0) is 52.8 Å². The maximum atomic E-state index is 13.2. The lowest BCUT2D eigenvalue weighted by atomic mass is 9.89. The lowest BCUT2D eigenvalue weighted by Crippen LogP contribution is -2.21. The molecule has 2 rings (SSSR count). The first-order chi connectivity index (χ1) is 14.0. The monoisotopic (exact) mass is 437 g/mol. The second-order valence-electron chi connectivity index (χ2n) is 7.02. The highest BCUT2D eigenvalue weighted by atomic mass is 32.2. The molecule has 0 heterocycles. The van der Waals surface area contributed by atoms with Crippen LogP contribution in [0.2, 0.25) is 0 Å². The fraction of sp³-hybridized carbons (Fsp3) is 0.348. The van der Waals surface area contributed by atoms with Gasteiger partial charge in [0.25, 0.3) is 0 Å². The third kappa shape index (κ3) is 5.59. The Bertz CT molecular complexity index is 1040. The van der Waals surface area contributed by atoms with Crippen LogP contribution in [0, 0.1) is 5.92 Å². The van der Waals surface area contributed by atoms with Gasteiger partial charge in [-0.25, -0.2) is 8.42 Å². The Kier molecular flexibility index (Phi) is 7.64. The van der Waals surface area contributed by atoms with Crippen LogP contribution in [0.3, 0.4) is 0 Å². The molecule has 1 atom stereocenters. The van der Waals surface area contributed by atoms with Crippen molar-refractivity contribution in [1.82, 2.24) is 0 Å². The van der Waals surface area contributed by atoms with Gasteiger partial charge in [-0.1, -0.05) is 57.2 Å². The summed E-state index contributed by atoms with van der Waals surface area (Å²) in [5, 5.41) is 0. The van der Waals surface area contributed by atoms with Crippen LogP contribution in [0.5, 0.6) is 0 Å². The molecule has 0 aliphatic carbocycles. The minimum absolute atomic E-state index is 0.0129. The number of allylic oxidation sites excluding steroid dienone is 2. The zero-order valence-electron chi connectivity index (χ0n) is 17.5. The highest BCUT2D eigenvalue weighted by molar-refractivity contribution is 7.91. The summed E-state index contributed by atoms with van der Waals surface area (Å²) >= 11 is 0. The van der Waals surface area contributed by atoms with Crippen LogP contribution in [0.25, 0.3) is 16.7 Å². The van der Waals surface area contributed by atoms with Crippen molar-refractivity contribution in [2.45, 2.75) is 38.3 Å². The molecule has 0 radical (unpaired) electrons. The highest BCUT2D eigenvalue weighted by Gasteiger charge is 2.34. The number of hydrogen-bond acceptors (Lipinski definition) is 3. The predicted molar refractivity (Wildman–Crippen MR) is 116 cm³/mol. The third-order valence-electron chi connectivity index (χ3n) is 5.09. The molecule has 0 N–H and O–H groups in total. The molecule has 7 heteroatoms. The fourth-order valence-electron chi connectivity index (χ4n) is 3.04. The zero-order valence-corrected chi connectivity index (χ0v) is 18.3. The van der Waals surface area contributed by atoms with Gasteiger partial charge in [0.05, 0.1) is 10.6 Å². The first-order valence-corrected chi connectivity index (χ1v) is 11.4. The zero-order chi connectivity index (χ0) is 22.5. The van der Waals surface area contributed by atoms with E-state index in [4.69, 9.17) is 0 Å². The lowest BCUT2D eigenvalue weighted by molar-refractivity contribution is -0.0577. The van der Waals surface area contributed by atoms with Crippen molar-refractivity contribution in [2.75, 3.05) is 12.8 Å². The second kappa shape index (κ2) is 9.60. The van der Waals surface area contributed by atoms with Crippen LogP contribution >= 0.6 is 0 Å². The van der Waals surface area contributed by atoms with Crippen LogP contribution in [0.15, 0.2) is 64.5 Å². The predicted octanol–water partition coefficient (Wildman–Crippen LogP) is 6.21. The SMILES string of the molecule is CC[C@@H](C)/C(=C\C(=NC)C(F)(F)F)c1ccc(-c2cccc(S(=O)(=O)CC)c2)cc1. The van der Waals surface area contributed by atoms with Gasteiger partial charge in [0.2, 0.25) is 0 Å². The average Bonchev–Trinajstić information content (AvgIpc) is 2.73. The number of benzene rings is 2. The van der Waals surface area contributed by atoms with Crippen LogP contribution < -0.4 is 0 Å². The van der Waals surface area contributed by atoms with E-state index in [1.54, 1.807) is 55.5 Å². The number of rotatable bonds is 7. The molecule has 0 saturated heterocycles. The molecule has 0 fully saturated rings. The van der Waals surface area contributed by atoms with Gasteiger partial charge in [0.1, 0.15) is 5.71 Å². The maximum absolute atomic E-state index is 13.2. The molecule has 162 valence electrons. The van der Waals surface area contributed by atoms with Crippen LogP contribution in [-0.4, -0.2) is 33.1 Å². The summed E-state index contributed by atoms with van der Waals surface area (Å²) in [4.78, 5) is 3.66. The van der Waals surface area contributed by atoms with Crippen molar-refractivity contribution in [3.63, 3.8) is 0 Å². The average molecular weight is 438 g/mol. The minimum Gasteiger partial charge on any atom is -0.284 e. The van der Waals surface area contributed by atoms with Crippen molar-refractivity contribution < 1.29 is 21.6 Å². The van der Waals surface area contributed by atoms with Gasteiger partial charge in [-0.3, -0.25) is 4.99 Å². The Balaban J connectivity index is 2.47. The van der Waals surface area contributed by atoms with Gasteiger partial charge >= 0.3 is 6.18 Å². The Morgan fingerprint density at radius 1 is 1.07 bits per heavy atom. The normalized spacial score (nSPS) is 14.6. The fourth-order valence-corrected chi connectivity index (χ4v) is 3.97. The van der Waals surface area contributed by atoms with Crippen LogP contribution in [-0.2, 0) is 9.84 Å². The van der Waals surface area contributed by atoms with E-state index in [1.807, 2.05) is 13.8 Å². The van der Waals surface area contributed by atoms with Crippen molar-refractivity contribution in [1.29, 1.82) is 0 Å². The number of alkyl halides is 3. The van der Waals surface area contributed by atoms with Gasteiger partial charge in [-0.15, -0.1) is 0 Å². The molecule has 30 heavy (non-hydrogen) atoms. The van der Waals surface area contributed by atoms with E-state index in [2.05, 4.69) is 4.99 Å². The lowest BCUT2D eigenvalue weighted by Gasteiger charge is -2.17. The number of sulfone groups is 1. The summed E-state index contributed by atoms with van der Waals surface area (Å²) < 4.78 is 63.8. The summed E-state index contributed by atoms with van der Waals surface area (Å²) in [6, 6.07) is 13.8. The maximum Gasteiger partial charge on any atom is 0.432 e. The molecule has 2 aromatic carbocycles. The summed E-state index contributed by atoms with van der Waals surface area (Å²) in [5.74, 6) is -0.0770. The summed E-state index contributed by atoms with van der Waals surface area (Å²) in [7, 11) is -2.19. The molecular formula is C23H26F3NO2S. The van der Waals surface area contributed by atoms with E-state index in [0.717, 1.165) is 24.3 Å². The van der Waals surface area contributed by atoms with E-state index < -0.39 is 21.7 Å². The number of aliphatic imine (C=N–C) groups is 1. The molecule has 0 amide bonds. The molecule has 0 spiro atoms. The van der Waals surface area contributed by atoms with Crippen molar-refractivity contribution in [3.05, 3.63) is 60.2 Å². The molecule has 0 aromatic heterocycles. The first kappa shape index (κ1) is 23.9. The topological polar surface area (TPSA) is 46.5 Å². The molecule has 0 aliphatic heterocycles. The quantitative estimate of drug-likeness (QED) is 0.484. The van der Waals surface area contributed by atoms with Crippen LogP contribution in [0.1, 0.15) is 32.8 Å².